The minimum atomic E-state index is -1.41. The van der Waals surface area contributed by atoms with E-state index in [4.69, 9.17) is 14.7 Å². The maximum atomic E-state index is 14.1. The number of carbonyl (C=O) groups excluding carboxylic acids is 2. The standard InChI is InChI=1S/C15H22FN3O6.CH4N2O2/c1-3-4-5-6-24-15(23)18-12-9(16)7-19(14(22)17-12)13-11(21)10(20)8(2)25-13;2-1(4)3-5/h7-8,10-11,13,20-21H,3-6H2,1-2H3,(H,17,18,22,23);5H,(H3,2,3,4)/t8-,10-,11-,13-;/m1./s1. The van der Waals surface area contributed by atoms with Crippen LogP contribution in [0.2, 0.25) is 0 Å². The van der Waals surface area contributed by atoms with Crippen LogP contribution in [0.4, 0.5) is 19.8 Å². The Morgan fingerprint density at radius 2 is 2.00 bits per heavy atom. The fourth-order valence-electron chi connectivity index (χ4n) is 2.42. The van der Waals surface area contributed by atoms with Crippen molar-refractivity contribution in [2.24, 2.45) is 5.73 Å². The fourth-order valence-corrected chi connectivity index (χ4v) is 2.42. The number of hydrogen-bond donors (Lipinski definition) is 6. The summed E-state index contributed by atoms with van der Waals surface area (Å²) in [6.07, 6.45) is -2.25. The van der Waals surface area contributed by atoms with Crippen molar-refractivity contribution in [2.75, 3.05) is 11.9 Å². The lowest BCUT2D eigenvalue weighted by Gasteiger charge is -2.17. The lowest BCUT2D eigenvalue weighted by atomic mass is 10.1. The number of rotatable bonds is 6. The molecule has 1 aromatic heterocycles. The Morgan fingerprint density at radius 1 is 1.37 bits per heavy atom. The molecule has 1 aromatic rings. The first kappa shape index (κ1) is 25.2. The van der Waals surface area contributed by atoms with Crippen LogP contribution in [0, 0.1) is 5.82 Å². The minimum absolute atomic E-state index is 0.177. The van der Waals surface area contributed by atoms with Crippen molar-refractivity contribution < 1.29 is 38.9 Å². The summed E-state index contributed by atoms with van der Waals surface area (Å²) in [4.78, 5) is 36.3. The minimum Gasteiger partial charge on any atom is -0.449 e. The second-order valence-corrected chi connectivity index (χ2v) is 6.28. The SMILES string of the molecule is CCCCCOC(=O)Nc1nc(=O)n([C@@H]2O[C@H](C)[C@@H](O)[C@H]2O)cc1F.NC(=O)NO. The third-order valence-corrected chi connectivity index (χ3v) is 3.97. The van der Waals surface area contributed by atoms with Crippen molar-refractivity contribution in [2.45, 2.75) is 57.6 Å². The first-order valence-corrected chi connectivity index (χ1v) is 9.05. The maximum absolute atomic E-state index is 14.1. The van der Waals surface area contributed by atoms with E-state index in [1.807, 2.05) is 6.92 Å². The topological polar surface area (TPSA) is 198 Å². The van der Waals surface area contributed by atoms with Crippen molar-refractivity contribution >= 4 is 17.9 Å². The van der Waals surface area contributed by atoms with E-state index in [0.717, 1.165) is 23.6 Å². The Balaban J connectivity index is 0.000000804. The number of aliphatic hydroxyl groups is 2. The number of ether oxygens (including phenoxy) is 2. The van der Waals surface area contributed by atoms with Crippen molar-refractivity contribution in [1.82, 2.24) is 15.0 Å². The average molecular weight is 435 g/mol. The van der Waals surface area contributed by atoms with Crippen LogP contribution in [0.1, 0.15) is 39.3 Å². The monoisotopic (exact) mass is 435 g/mol. The van der Waals surface area contributed by atoms with Crippen LogP contribution in [0.3, 0.4) is 0 Å². The van der Waals surface area contributed by atoms with Gasteiger partial charge in [-0.2, -0.15) is 4.98 Å². The van der Waals surface area contributed by atoms with Crippen LogP contribution in [0.15, 0.2) is 11.0 Å². The van der Waals surface area contributed by atoms with E-state index in [0.29, 0.717) is 6.42 Å². The summed E-state index contributed by atoms with van der Waals surface area (Å²) >= 11 is 0. The molecule has 13 nitrogen and oxygen atoms in total. The first-order chi connectivity index (χ1) is 14.1. The normalized spacial score (nSPS) is 22.6. The number of aliphatic hydroxyl groups excluding tert-OH is 2. The summed E-state index contributed by atoms with van der Waals surface area (Å²) in [5.74, 6) is -1.59. The van der Waals surface area contributed by atoms with E-state index in [1.165, 1.54) is 12.4 Å². The Hall–Kier alpha value is -2.81. The van der Waals surface area contributed by atoms with Gasteiger partial charge in [0.2, 0.25) is 0 Å². The van der Waals surface area contributed by atoms with Gasteiger partial charge in [0.05, 0.1) is 18.9 Å². The summed E-state index contributed by atoms with van der Waals surface area (Å²) in [5.41, 5.74) is 4.51. The number of nitrogens with one attached hydrogen (secondary N) is 2. The first-order valence-electron chi connectivity index (χ1n) is 9.05. The Kier molecular flexibility index (Phi) is 10.1. The summed E-state index contributed by atoms with van der Waals surface area (Å²) in [6, 6.07) is -0.940. The molecule has 0 saturated carbocycles. The van der Waals surface area contributed by atoms with E-state index in [1.54, 1.807) is 0 Å². The van der Waals surface area contributed by atoms with Gasteiger partial charge in [-0.05, 0) is 13.3 Å². The number of hydroxylamine groups is 1. The van der Waals surface area contributed by atoms with Crippen molar-refractivity contribution in [3.63, 3.8) is 0 Å². The molecule has 0 radical (unpaired) electrons. The molecule has 1 aliphatic heterocycles. The van der Waals surface area contributed by atoms with E-state index in [-0.39, 0.29) is 6.61 Å². The number of primary amides is 1. The summed E-state index contributed by atoms with van der Waals surface area (Å²) in [6.45, 7) is 3.68. The van der Waals surface area contributed by atoms with Gasteiger partial charge in [-0.1, -0.05) is 19.8 Å². The molecule has 1 saturated heterocycles. The van der Waals surface area contributed by atoms with Gasteiger partial charge in [0, 0.05) is 0 Å². The molecular formula is C16H26FN5O8. The average Bonchev–Trinajstić information content (AvgIpc) is 2.95. The predicted molar refractivity (Wildman–Crippen MR) is 99.1 cm³/mol. The summed E-state index contributed by atoms with van der Waals surface area (Å²) in [7, 11) is 0. The van der Waals surface area contributed by atoms with Gasteiger partial charge in [0.1, 0.15) is 12.2 Å². The predicted octanol–water partition coefficient (Wildman–Crippen LogP) is -0.196. The quantitative estimate of drug-likeness (QED) is 0.199. The van der Waals surface area contributed by atoms with Crippen LogP contribution < -0.4 is 22.2 Å². The highest BCUT2D eigenvalue weighted by molar-refractivity contribution is 5.83. The molecule has 0 aromatic carbocycles. The van der Waals surface area contributed by atoms with Crippen LogP contribution >= 0.6 is 0 Å². The molecule has 7 N–H and O–H groups in total. The number of urea groups is 1. The van der Waals surface area contributed by atoms with Gasteiger partial charge in [-0.25, -0.2) is 24.3 Å². The number of carbonyl (C=O) groups is 2. The zero-order valence-electron chi connectivity index (χ0n) is 16.4. The molecule has 0 bridgehead atoms. The number of amides is 3. The largest absolute Gasteiger partial charge is 0.449 e. The van der Waals surface area contributed by atoms with Gasteiger partial charge >= 0.3 is 17.8 Å². The molecule has 0 spiro atoms. The molecular weight excluding hydrogens is 409 g/mol. The number of aromatic nitrogens is 2. The van der Waals surface area contributed by atoms with Crippen LogP contribution in [-0.2, 0) is 9.47 Å². The van der Waals surface area contributed by atoms with Gasteiger partial charge in [-0.15, -0.1) is 0 Å². The third-order valence-electron chi connectivity index (χ3n) is 3.97. The highest BCUT2D eigenvalue weighted by atomic mass is 19.1. The smallest absolute Gasteiger partial charge is 0.412 e. The molecule has 30 heavy (non-hydrogen) atoms. The van der Waals surface area contributed by atoms with E-state index >= 15 is 0 Å². The zero-order chi connectivity index (χ0) is 22.8. The molecule has 3 amide bonds. The summed E-state index contributed by atoms with van der Waals surface area (Å²) in [5, 5.41) is 29.0. The van der Waals surface area contributed by atoms with Crippen LogP contribution in [0.25, 0.3) is 0 Å². The number of hydrogen-bond acceptors (Lipinski definition) is 9. The van der Waals surface area contributed by atoms with Gasteiger partial charge in [0.25, 0.3) is 0 Å². The van der Waals surface area contributed by atoms with E-state index < -0.39 is 54.0 Å². The number of unbranched alkanes of at least 4 members (excludes halogenated alkanes) is 2. The number of anilines is 1. The van der Waals surface area contributed by atoms with Crippen molar-refractivity contribution in [3.8, 4) is 0 Å². The Morgan fingerprint density at radius 3 is 2.50 bits per heavy atom. The number of nitrogens with two attached hydrogens (primary N) is 1. The zero-order valence-corrected chi connectivity index (χ0v) is 16.4. The molecule has 0 aliphatic carbocycles. The molecule has 170 valence electrons. The van der Waals surface area contributed by atoms with Gasteiger partial charge in [-0.3, -0.25) is 15.1 Å². The second kappa shape index (κ2) is 12.0. The van der Waals surface area contributed by atoms with E-state index in [9.17, 15) is 29.0 Å². The van der Waals surface area contributed by atoms with Gasteiger partial charge in [0.15, 0.2) is 17.9 Å². The van der Waals surface area contributed by atoms with E-state index in [2.05, 4.69) is 16.0 Å². The van der Waals surface area contributed by atoms with Crippen molar-refractivity contribution in [1.29, 1.82) is 0 Å². The second-order valence-electron chi connectivity index (χ2n) is 6.28. The summed E-state index contributed by atoms with van der Waals surface area (Å²) < 4.78 is 24.9. The third kappa shape index (κ3) is 7.22. The highest BCUT2D eigenvalue weighted by Crippen LogP contribution is 2.28. The molecule has 4 atom stereocenters. The Labute approximate surface area is 170 Å². The molecule has 2 heterocycles. The lowest BCUT2D eigenvalue weighted by Crippen LogP contribution is -2.36. The molecule has 1 fully saturated rings. The van der Waals surface area contributed by atoms with Crippen LogP contribution in [-0.4, -0.2) is 62.0 Å². The molecule has 2 rings (SSSR count). The molecule has 1 aliphatic rings. The number of nitrogens with zero attached hydrogens (tertiary/aromatic N) is 2. The highest BCUT2D eigenvalue weighted by Gasteiger charge is 2.42. The lowest BCUT2D eigenvalue weighted by molar-refractivity contribution is -0.0355. The maximum Gasteiger partial charge on any atom is 0.412 e. The van der Waals surface area contributed by atoms with Gasteiger partial charge < -0.3 is 25.4 Å². The number of halogens is 1. The van der Waals surface area contributed by atoms with Crippen LogP contribution in [0.5, 0.6) is 0 Å². The fraction of sp³-hybridized carbons (Fsp3) is 0.625. The van der Waals surface area contributed by atoms with Crippen molar-refractivity contribution in [3.05, 3.63) is 22.5 Å². The molecule has 14 heteroatoms. The molecule has 0 unspecified atom stereocenters. The Bertz CT molecular complexity index is 776.